The third kappa shape index (κ3) is 5.03. The van der Waals surface area contributed by atoms with Crippen LogP contribution in [0.3, 0.4) is 0 Å². The predicted octanol–water partition coefficient (Wildman–Crippen LogP) is 4.30. The summed E-state index contributed by atoms with van der Waals surface area (Å²) in [5.41, 5.74) is 0.388. The first-order chi connectivity index (χ1) is 10.4. The maximum absolute atomic E-state index is 12.2. The summed E-state index contributed by atoms with van der Waals surface area (Å²) in [5, 5.41) is 11.9. The van der Waals surface area contributed by atoms with Crippen LogP contribution >= 0.6 is 23.1 Å². The molecule has 1 N–H and O–H groups in total. The number of carbonyl (C=O) groups excluding carboxylic acids is 1. The molecular weight excluding hydrogens is 328 g/mol. The van der Waals surface area contributed by atoms with Crippen molar-refractivity contribution in [2.75, 3.05) is 5.32 Å². The van der Waals surface area contributed by atoms with Gasteiger partial charge in [0, 0.05) is 16.9 Å². The van der Waals surface area contributed by atoms with Crippen molar-refractivity contribution in [1.29, 1.82) is 0 Å². The van der Waals surface area contributed by atoms with Crippen LogP contribution in [0.1, 0.15) is 29.2 Å². The number of aromatic nitrogens is 2. The number of amides is 1. The van der Waals surface area contributed by atoms with Crippen LogP contribution in [0.25, 0.3) is 0 Å². The largest absolute Gasteiger partial charge is 0.296 e. The average Bonchev–Trinajstić information content (AvgIpc) is 2.85. The molecule has 4 nitrogen and oxygen atoms in total. The lowest BCUT2D eigenvalue weighted by Crippen LogP contribution is -2.11. The molecule has 2 rings (SSSR count). The van der Waals surface area contributed by atoms with Crippen LogP contribution in [0.4, 0.5) is 13.9 Å². The van der Waals surface area contributed by atoms with Gasteiger partial charge < -0.3 is 0 Å². The third-order valence-corrected chi connectivity index (χ3v) is 4.20. The van der Waals surface area contributed by atoms with Crippen LogP contribution in [0.15, 0.2) is 29.2 Å². The molecule has 1 aromatic carbocycles. The van der Waals surface area contributed by atoms with E-state index in [1.807, 2.05) is 0 Å². The summed E-state index contributed by atoms with van der Waals surface area (Å²) in [7, 11) is 0. The summed E-state index contributed by atoms with van der Waals surface area (Å²) in [6.45, 7) is 4.16. The molecule has 0 aliphatic rings. The Morgan fingerprint density at radius 2 is 1.95 bits per heavy atom. The molecule has 0 atom stereocenters. The first-order valence-corrected chi connectivity index (χ1v) is 8.32. The van der Waals surface area contributed by atoms with E-state index in [1.165, 1.54) is 35.6 Å². The first-order valence-electron chi connectivity index (χ1n) is 6.62. The number of carbonyl (C=O) groups is 1. The zero-order chi connectivity index (χ0) is 16.1. The second-order valence-corrected chi connectivity index (χ2v) is 7.08. The Bertz CT molecular complexity index is 629. The molecule has 0 saturated heterocycles. The van der Waals surface area contributed by atoms with Gasteiger partial charge in [-0.1, -0.05) is 36.9 Å². The minimum absolute atomic E-state index is 0.333. The Kier molecular flexibility index (Phi) is 5.84. The lowest BCUT2D eigenvalue weighted by Gasteiger charge is -2.03. The molecule has 0 spiro atoms. The highest BCUT2D eigenvalue weighted by atomic mass is 32.2. The fourth-order valence-corrected chi connectivity index (χ4v) is 3.14. The molecule has 0 radical (unpaired) electrons. The molecule has 2 aromatic rings. The maximum atomic E-state index is 12.2. The summed E-state index contributed by atoms with van der Waals surface area (Å²) >= 11 is 1.78. The number of thioether (sulfide) groups is 1. The standard InChI is InChI=1S/C14H15F2N3OS2/c1-8(2)7-11-18-19-14(22-11)17-12(20)9-3-5-10(6-4-9)21-13(15)16/h3-6,8,13H,7H2,1-2H3,(H,17,19,20). The fourth-order valence-electron chi connectivity index (χ4n) is 1.69. The van der Waals surface area contributed by atoms with E-state index in [0.29, 0.717) is 33.3 Å². The Hall–Kier alpha value is -1.54. The van der Waals surface area contributed by atoms with Crippen molar-refractivity contribution in [2.45, 2.75) is 30.9 Å². The van der Waals surface area contributed by atoms with Gasteiger partial charge in [0.05, 0.1) is 0 Å². The molecule has 118 valence electrons. The first kappa shape index (κ1) is 16.8. The predicted molar refractivity (Wildman–Crippen MR) is 84.7 cm³/mol. The summed E-state index contributed by atoms with van der Waals surface area (Å²) in [4.78, 5) is 12.5. The van der Waals surface area contributed by atoms with Gasteiger partial charge in [-0.3, -0.25) is 10.1 Å². The van der Waals surface area contributed by atoms with Crippen LogP contribution in [0.2, 0.25) is 0 Å². The van der Waals surface area contributed by atoms with Crippen LogP contribution in [-0.2, 0) is 6.42 Å². The SMILES string of the molecule is CC(C)Cc1nnc(NC(=O)c2ccc(SC(F)F)cc2)s1. The molecule has 22 heavy (non-hydrogen) atoms. The number of nitrogens with one attached hydrogen (secondary N) is 1. The van der Waals surface area contributed by atoms with E-state index >= 15 is 0 Å². The van der Waals surface area contributed by atoms with Crippen LogP contribution < -0.4 is 5.32 Å². The van der Waals surface area contributed by atoms with Crippen molar-refractivity contribution in [3.05, 3.63) is 34.8 Å². The van der Waals surface area contributed by atoms with Gasteiger partial charge in [0.25, 0.3) is 11.7 Å². The summed E-state index contributed by atoms with van der Waals surface area (Å²) < 4.78 is 24.5. The zero-order valence-corrected chi connectivity index (χ0v) is 13.7. The van der Waals surface area contributed by atoms with Gasteiger partial charge in [0.15, 0.2) is 0 Å². The highest BCUT2D eigenvalue weighted by molar-refractivity contribution is 7.99. The number of halogens is 2. The zero-order valence-electron chi connectivity index (χ0n) is 12.0. The topological polar surface area (TPSA) is 54.9 Å². The molecule has 8 heteroatoms. The molecule has 0 aliphatic heterocycles. The lowest BCUT2D eigenvalue weighted by atomic mass is 10.1. The number of anilines is 1. The number of rotatable bonds is 6. The Morgan fingerprint density at radius 3 is 2.55 bits per heavy atom. The normalized spacial score (nSPS) is 11.2. The quantitative estimate of drug-likeness (QED) is 0.795. The number of nitrogens with zero attached hydrogens (tertiary/aromatic N) is 2. The maximum Gasteiger partial charge on any atom is 0.288 e. The van der Waals surface area contributed by atoms with Gasteiger partial charge in [0.1, 0.15) is 5.01 Å². The summed E-state index contributed by atoms with van der Waals surface area (Å²) in [6, 6.07) is 6.01. The van der Waals surface area contributed by atoms with Gasteiger partial charge in [-0.25, -0.2) is 0 Å². The number of hydrogen-bond donors (Lipinski definition) is 1. The average molecular weight is 343 g/mol. The molecular formula is C14H15F2N3OS2. The van der Waals surface area contributed by atoms with Crippen LogP contribution in [0, 0.1) is 5.92 Å². The van der Waals surface area contributed by atoms with Gasteiger partial charge in [-0.15, -0.1) is 10.2 Å². The van der Waals surface area contributed by atoms with Crippen molar-refractivity contribution in [1.82, 2.24) is 10.2 Å². The molecule has 0 bridgehead atoms. The van der Waals surface area contributed by atoms with Gasteiger partial charge in [-0.2, -0.15) is 8.78 Å². The van der Waals surface area contributed by atoms with E-state index in [-0.39, 0.29) is 5.91 Å². The number of benzene rings is 1. The second kappa shape index (κ2) is 7.64. The molecule has 1 amide bonds. The van der Waals surface area contributed by atoms with E-state index < -0.39 is 5.76 Å². The van der Waals surface area contributed by atoms with Crippen molar-refractivity contribution in [3.63, 3.8) is 0 Å². The lowest BCUT2D eigenvalue weighted by molar-refractivity contribution is 0.102. The molecule has 0 unspecified atom stereocenters. The molecule has 1 aromatic heterocycles. The number of alkyl halides is 2. The van der Waals surface area contributed by atoms with E-state index in [2.05, 4.69) is 29.4 Å². The third-order valence-electron chi connectivity index (χ3n) is 2.61. The minimum Gasteiger partial charge on any atom is -0.296 e. The van der Waals surface area contributed by atoms with Crippen molar-refractivity contribution >= 4 is 34.1 Å². The molecule has 0 fully saturated rings. The van der Waals surface area contributed by atoms with E-state index in [0.717, 1.165) is 11.4 Å². The Morgan fingerprint density at radius 1 is 1.27 bits per heavy atom. The summed E-state index contributed by atoms with van der Waals surface area (Å²) in [6.07, 6.45) is 0.813. The minimum atomic E-state index is -2.47. The summed E-state index contributed by atoms with van der Waals surface area (Å²) in [5.74, 6) is -2.34. The number of hydrogen-bond acceptors (Lipinski definition) is 5. The van der Waals surface area contributed by atoms with Crippen LogP contribution in [0.5, 0.6) is 0 Å². The van der Waals surface area contributed by atoms with Gasteiger partial charge >= 0.3 is 0 Å². The van der Waals surface area contributed by atoms with Gasteiger partial charge in [0.2, 0.25) is 5.13 Å². The molecule has 0 saturated carbocycles. The molecule has 0 aliphatic carbocycles. The van der Waals surface area contributed by atoms with Gasteiger partial charge in [-0.05, 0) is 30.2 Å². The fraction of sp³-hybridized carbons (Fsp3) is 0.357. The van der Waals surface area contributed by atoms with Crippen molar-refractivity contribution in [3.8, 4) is 0 Å². The van der Waals surface area contributed by atoms with E-state index in [9.17, 15) is 13.6 Å². The molecule has 1 heterocycles. The Labute approximate surface area is 135 Å². The highest BCUT2D eigenvalue weighted by Gasteiger charge is 2.12. The van der Waals surface area contributed by atoms with Crippen molar-refractivity contribution < 1.29 is 13.6 Å². The Balaban J connectivity index is 1.98. The van der Waals surface area contributed by atoms with E-state index in [1.54, 1.807) is 0 Å². The van der Waals surface area contributed by atoms with E-state index in [4.69, 9.17) is 0 Å². The highest BCUT2D eigenvalue weighted by Crippen LogP contribution is 2.25. The van der Waals surface area contributed by atoms with Crippen molar-refractivity contribution in [2.24, 2.45) is 5.92 Å². The second-order valence-electron chi connectivity index (χ2n) is 4.96. The smallest absolute Gasteiger partial charge is 0.288 e. The monoisotopic (exact) mass is 343 g/mol. The van der Waals surface area contributed by atoms with Crippen LogP contribution in [-0.4, -0.2) is 21.9 Å².